The smallest absolute Gasteiger partial charge is 0.347 e. The largest absolute Gasteiger partial charge is 0.366 e. The number of aryl methyl sites for hydroxylation is 1. The van der Waals surface area contributed by atoms with Crippen LogP contribution >= 0.6 is 0 Å². The Morgan fingerprint density at radius 3 is 2.94 bits per heavy atom. The Balaban J connectivity index is 2.16. The lowest BCUT2D eigenvalue weighted by Crippen LogP contribution is -2.15. The van der Waals surface area contributed by atoms with Gasteiger partial charge in [-0.05, 0) is 18.1 Å². The number of aromatic nitrogens is 2. The number of rotatable bonds is 3. The summed E-state index contributed by atoms with van der Waals surface area (Å²) in [5.74, 6) is 0.401. The van der Waals surface area contributed by atoms with E-state index in [1.807, 2.05) is 37.3 Å². The van der Waals surface area contributed by atoms with E-state index in [1.165, 1.54) is 6.07 Å². The second-order valence-corrected chi connectivity index (χ2v) is 3.88. The molecule has 0 atom stereocenters. The topological polar surface area (TPSA) is 81.6 Å². The molecule has 0 aliphatic carbocycles. The minimum Gasteiger partial charge on any atom is -0.366 e. The average Bonchev–Trinajstić information content (AvgIpc) is 2.37. The van der Waals surface area contributed by atoms with Crippen molar-refractivity contribution in [2.24, 2.45) is 0 Å². The van der Waals surface area contributed by atoms with E-state index in [0.29, 0.717) is 12.4 Å². The number of anilines is 1. The zero-order chi connectivity index (χ0) is 13.0. The standard InChI is InChI=1S/C13H12N4O/c1-9-4-2-3-5-10(9)8-15-12-6-11(7-14)16-13(18)17-12/h2-6H,8H2,1H3,(H2,15,16,17,18). The number of nitriles is 1. The van der Waals surface area contributed by atoms with Gasteiger partial charge in [-0.3, -0.25) is 4.98 Å². The van der Waals surface area contributed by atoms with Gasteiger partial charge in [-0.2, -0.15) is 10.2 Å². The van der Waals surface area contributed by atoms with E-state index in [-0.39, 0.29) is 5.69 Å². The van der Waals surface area contributed by atoms with E-state index >= 15 is 0 Å². The van der Waals surface area contributed by atoms with Crippen molar-refractivity contribution in [1.82, 2.24) is 9.97 Å². The highest BCUT2D eigenvalue weighted by atomic mass is 16.1. The Morgan fingerprint density at radius 2 is 2.22 bits per heavy atom. The van der Waals surface area contributed by atoms with Crippen molar-refractivity contribution in [2.75, 3.05) is 5.32 Å². The maximum absolute atomic E-state index is 11.2. The predicted octanol–water partition coefficient (Wildman–Crippen LogP) is 1.56. The van der Waals surface area contributed by atoms with Crippen LogP contribution in [0.5, 0.6) is 0 Å². The van der Waals surface area contributed by atoms with E-state index in [9.17, 15) is 4.79 Å². The van der Waals surface area contributed by atoms with Crippen LogP contribution in [0.25, 0.3) is 0 Å². The van der Waals surface area contributed by atoms with Crippen molar-refractivity contribution >= 4 is 5.82 Å². The van der Waals surface area contributed by atoms with Gasteiger partial charge in [-0.25, -0.2) is 4.79 Å². The highest BCUT2D eigenvalue weighted by molar-refractivity contribution is 5.40. The van der Waals surface area contributed by atoms with Crippen LogP contribution in [0.2, 0.25) is 0 Å². The van der Waals surface area contributed by atoms with Crippen LogP contribution in [-0.4, -0.2) is 9.97 Å². The van der Waals surface area contributed by atoms with E-state index in [1.54, 1.807) is 0 Å². The fraction of sp³-hybridized carbons (Fsp3) is 0.154. The van der Waals surface area contributed by atoms with Crippen LogP contribution in [0.3, 0.4) is 0 Å². The molecule has 1 aromatic heterocycles. The van der Waals surface area contributed by atoms with E-state index < -0.39 is 5.69 Å². The third-order valence-electron chi connectivity index (χ3n) is 2.59. The summed E-state index contributed by atoms with van der Waals surface area (Å²) in [7, 11) is 0. The number of benzene rings is 1. The summed E-state index contributed by atoms with van der Waals surface area (Å²) in [5.41, 5.74) is 1.96. The molecule has 18 heavy (non-hydrogen) atoms. The van der Waals surface area contributed by atoms with Crippen LogP contribution in [0.1, 0.15) is 16.8 Å². The van der Waals surface area contributed by atoms with Gasteiger partial charge in [-0.1, -0.05) is 24.3 Å². The number of nitrogens with one attached hydrogen (secondary N) is 2. The van der Waals surface area contributed by atoms with Gasteiger partial charge >= 0.3 is 5.69 Å². The van der Waals surface area contributed by atoms with Crippen molar-refractivity contribution in [3.8, 4) is 6.07 Å². The molecule has 5 nitrogen and oxygen atoms in total. The van der Waals surface area contributed by atoms with Crippen LogP contribution in [0, 0.1) is 18.3 Å². The summed E-state index contributed by atoms with van der Waals surface area (Å²) in [6.45, 7) is 2.58. The van der Waals surface area contributed by atoms with Crippen LogP contribution in [-0.2, 0) is 6.54 Å². The molecule has 0 aliphatic rings. The fourth-order valence-corrected chi connectivity index (χ4v) is 1.60. The van der Waals surface area contributed by atoms with Gasteiger partial charge in [0.15, 0.2) is 0 Å². The summed E-state index contributed by atoms with van der Waals surface area (Å²) in [4.78, 5) is 17.3. The summed E-state index contributed by atoms with van der Waals surface area (Å²) in [6.07, 6.45) is 0. The van der Waals surface area contributed by atoms with Crippen LogP contribution < -0.4 is 11.0 Å². The van der Waals surface area contributed by atoms with Gasteiger partial charge in [0.25, 0.3) is 0 Å². The molecular formula is C13H12N4O. The van der Waals surface area contributed by atoms with Crippen LogP contribution in [0.4, 0.5) is 5.82 Å². The van der Waals surface area contributed by atoms with Gasteiger partial charge in [0.2, 0.25) is 0 Å². The molecule has 0 saturated heterocycles. The lowest BCUT2D eigenvalue weighted by molar-refractivity contribution is 1.02. The molecule has 0 spiro atoms. The molecule has 0 fully saturated rings. The first-order valence-corrected chi connectivity index (χ1v) is 5.49. The highest BCUT2D eigenvalue weighted by Crippen LogP contribution is 2.09. The second kappa shape index (κ2) is 5.15. The normalized spacial score (nSPS) is 9.78. The molecule has 2 aromatic rings. The number of nitrogens with zero attached hydrogens (tertiary/aromatic N) is 2. The number of hydrogen-bond donors (Lipinski definition) is 2. The van der Waals surface area contributed by atoms with Crippen molar-refractivity contribution in [3.63, 3.8) is 0 Å². The molecule has 0 unspecified atom stereocenters. The average molecular weight is 240 g/mol. The first kappa shape index (κ1) is 11.9. The molecule has 2 N–H and O–H groups in total. The monoisotopic (exact) mass is 240 g/mol. The SMILES string of the molecule is Cc1ccccc1CNc1cc(C#N)[nH]c(=O)n1. The molecule has 90 valence electrons. The third-order valence-corrected chi connectivity index (χ3v) is 2.59. The Hall–Kier alpha value is -2.61. The Kier molecular flexibility index (Phi) is 3.39. The molecule has 0 radical (unpaired) electrons. The second-order valence-electron chi connectivity index (χ2n) is 3.88. The minimum absolute atomic E-state index is 0.197. The lowest BCUT2D eigenvalue weighted by Gasteiger charge is -2.07. The lowest BCUT2D eigenvalue weighted by atomic mass is 10.1. The van der Waals surface area contributed by atoms with Gasteiger partial charge in [0.05, 0.1) is 0 Å². The molecule has 0 bridgehead atoms. The maximum Gasteiger partial charge on any atom is 0.347 e. The minimum atomic E-state index is -0.527. The molecule has 0 saturated carbocycles. The summed E-state index contributed by atoms with van der Waals surface area (Å²) in [5, 5.41) is 11.8. The maximum atomic E-state index is 11.2. The van der Waals surface area contributed by atoms with Gasteiger partial charge in [-0.15, -0.1) is 0 Å². The Labute approximate surface area is 104 Å². The van der Waals surface area contributed by atoms with Crippen molar-refractivity contribution < 1.29 is 0 Å². The molecule has 2 rings (SSSR count). The van der Waals surface area contributed by atoms with E-state index in [0.717, 1.165) is 11.1 Å². The van der Waals surface area contributed by atoms with Crippen molar-refractivity contribution in [3.05, 3.63) is 57.6 Å². The summed E-state index contributed by atoms with van der Waals surface area (Å²) in [6, 6.07) is 11.3. The van der Waals surface area contributed by atoms with E-state index in [2.05, 4.69) is 15.3 Å². The van der Waals surface area contributed by atoms with Gasteiger partial charge in [0, 0.05) is 12.6 Å². The quantitative estimate of drug-likeness (QED) is 0.853. The molecule has 0 amide bonds. The molecule has 1 heterocycles. The van der Waals surface area contributed by atoms with E-state index in [4.69, 9.17) is 5.26 Å². The summed E-state index contributed by atoms with van der Waals surface area (Å²) < 4.78 is 0. The fourth-order valence-electron chi connectivity index (χ4n) is 1.60. The first-order chi connectivity index (χ1) is 8.69. The number of aromatic amines is 1. The van der Waals surface area contributed by atoms with Gasteiger partial charge in [0.1, 0.15) is 17.6 Å². The van der Waals surface area contributed by atoms with Gasteiger partial charge < -0.3 is 5.32 Å². The highest BCUT2D eigenvalue weighted by Gasteiger charge is 2.01. The van der Waals surface area contributed by atoms with Crippen molar-refractivity contribution in [1.29, 1.82) is 5.26 Å². The Morgan fingerprint density at radius 1 is 1.44 bits per heavy atom. The number of H-pyrrole nitrogens is 1. The number of hydrogen-bond acceptors (Lipinski definition) is 4. The zero-order valence-electron chi connectivity index (χ0n) is 9.90. The Bertz CT molecular complexity index is 655. The predicted molar refractivity (Wildman–Crippen MR) is 68.1 cm³/mol. The third kappa shape index (κ3) is 2.74. The molecule has 5 heteroatoms. The summed E-state index contributed by atoms with van der Waals surface area (Å²) >= 11 is 0. The molecular weight excluding hydrogens is 228 g/mol. The zero-order valence-corrected chi connectivity index (χ0v) is 9.90. The first-order valence-electron chi connectivity index (χ1n) is 5.49. The van der Waals surface area contributed by atoms with Crippen molar-refractivity contribution in [2.45, 2.75) is 13.5 Å². The molecule has 0 aliphatic heterocycles. The molecule has 1 aromatic carbocycles. The van der Waals surface area contributed by atoms with Crippen LogP contribution in [0.15, 0.2) is 35.1 Å².